The average Bonchev–Trinajstić information content (AvgIpc) is 2.77. The van der Waals surface area contributed by atoms with Crippen LogP contribution in [0, 0.1) is 11.8 Å². The van der Waals surface area contributed by atoms with Crippen molar-refractivity contribution in [2.45, 2.75) is 90.4 Å². The number of amides is 3. The predicted molar refractivity (Wildman–Crippen MR) is 139 cm³/mol. The van der Waals surface area contributed by atoms with E-state index < -0.39 is 47.9 Å². The first-order valence-corrected chi connectivity index (χ1v) is 12.4. The van der Waals surface area contributed by atoms with E-state index in [0.29, 0.717) is 45.2 Å². The van der Waals surface area contributed by atoms with Crippen LogP contribution in [0.5, 0.6) is 0 Å². The molecule has 36 heavy (non-hydrogen) atoms. The third kappa shape index (κ3) is 13.8. The molecule has 4 atom stereocenters. The van der Waals surface area contributed by atoms with Gasteiger partial charge in [-0.2, -0.15) is 0 Å². The van der Waals surface area contributed by atoms with E-state index in [1.807, 2.05) is 13.8 Å². The fourth-order valence-corrected chi connectivity index (χ4v) is 3.43. The van der Waals surface area contributed by atoms with Gasteiger partial charge in [0.2, 0.25) is 17.7 Å². The minimum Gasteiger partial charge on any atom is -0.480 e. The third-order valence-corrected chi connectivity index (χ3v) is 5.45. The zero-order valence-electron chi connectivity index (χ0n) is 22.0. The van der Waals surface area contributed by atoms with Crippen molar-refractivity contribution < 1.29 is 24.3 Å². The van der Waals surface area contributed by atoms with Crippen LogP contribution in [-0.2, 0) is 19.2 Å². The van der Waals surface area contributed by atoms with Crippen LogP contribution in [0.15, 0.2) is 4.99 Å². The number of carbonyl (C=O) groups excluding carboxylic acids is 3. The fourth-order valence-electron chi connectivity index (χ4n) is 3.43. The van der Waals surface area contributed by atoms with E-state index in [2.05, 4.69) is 20.9 Å². The highest BCUT2D eigenvalue weighted by Crippen LogP contribution is 2.10. The van der Waals surface area contributed by atoms with E-state index in [0.717, 1.165) is 0 Å². The van der Waals surface area contributed by atoms with Gasteiger partial charge in [0.1, 0.15) is 18.1 Å². The summed E-state index contributed by atoms with van der Waals surface area (Å²) in [6, 6.07) is -3.88. The van der Waals surface area contributed by atoms with Crippen molar-refractivity contribution in [3.05, 3.63) is 0 Å². The van der Waals surface area contributed by atoms with E-state index in [-0.39, 0.29) is 24.2 Å². The van der Waals surface area contributed by atoms with Crippen LogP contribution < -0.4 is 38.9 Å². The molecule has 0 fully saturated rings. The number of nitrogens with one attached hydrogen (secondary N) is 3. The molecule has 0 rings (SSSR count). The number of aliphatic carboxylic acids is 1. The Kier molecular flexibility index (Phi) is 16.1. The van der Waals surface area contributed by atoms with E-state index in [1.165, 1.54) is 0 Å². The van der Waals surface area contributed by atoms with Crippen LogP contribution >= 0.6 is 0 Å². The SMILES string of the molecule is CC(C)CC(NC(=O)C(CCCCN)NC(=O)C(N)CCCN=C(N)N)C(=O)NC(C(=O)O)C(C)C. The highest BCUT2D eigenvalue weighted by molar-refractivity contribution is 5.94. The van der Waals surface area contributed by atoms with Crippen molar-refractivity contribution in [1.29, 1.82) is 0 Å². The predicted octanol–water partition coefficient (Wildman–Crippen LogP) is -1.26. The summed E-state index contributed by atoms with van der Waals surface area (Å²) >= 11 is 0. The maximum atomic E-state index is 13.1. The quantitative estimate of drug-likeness (QED) is 0.0617. The second kappa shape index (κ2) is 17.5. The summed E-state index contributed by atoms with van der Waals surface area (Å²) in [5.41, 5.74) is 22.1. The van der Waals surface area contributed by atoms with Gasteiger partial charge in [-0.05, 0) is 56.9 Å². The van der Waals surface area contributed by atoms with Gasteiger partial charge in [0.05, 0.1) is 6.04 Å². The summed E-state index contributed by atoms with van der Waals surface area (Å²) < 4.78 is 0. The Hall–Kier alpha value is -2.93. The zero-order valence-corrected chi connectivity index (χ0v) is 22.0. The lowest BCUT2D eigenvalue weighted by molar-refractivity contribution is -0.143. The molecule has 0 aliphatic carbocycles. The highest BCUT2D eigenvalue weighted by atomic mass is 16.4. The van der Waals surface area contributed by atoms with Crippen molar-refractivity contribution in [3.63, 3.8) is 0 Å². The summed E-state index contributed by atoms with van der Waals surface area (Å²) in [7, 11) is 0. The number of carboxylic acid groups (broad SMARTS) is 1. The van der Waals surface area contributed by atoms with Crippen LogP contribution in [0.2, 0.25) is 0 Å². The zero-order chi connectivity index (χ0) is 27.8. The Morgan fingerprint density at radius 3 is 1.92 bits per heavy atom. The lowest BCUT2D eigenvalue weighted by atomic mass is 9.99. The van der Waals surface area contributed by atoms with Crippen molar-refractivity contribution in [2.24, 2.45) is 39.8 Å². The average molecular weight is 515 g/mol. The number of carboxylic acids is 1. The van der Waals surface area contributed by atoms with E-state index in [9.17, 15) is 24.3 Å². The normalized spacial score (nSPS) is 14.4. The molecule has 0 aromatic rings. The van der Waals surface area contributed by atoms with Crippen LogP contribution in [0.25, 0.3) is 0 Å². The topological polar surface area (TPSA) is 241 Å². The molecule has 208 valence electrons. The molecule has 0 bridgehead atoms. The summed E-state index contributed by atoms with van der Waals surface area (Å²) in [6.07, 6.45) is 2.60. The van der Waals surface area contributed by atoms with Gasteiger partial charge in [-0.1, -0.05) is 27.7 Å². The number of rotatable bonds is 18. The number of nitrogens with zero attached hydrogens (tertiary/aromatic N) is 1. The first-order valence-electron chi connectivity index (χ1n) is 12.4. The van der Waals surface area contributed by atoms with Crippen LogP contribution in [-0.4, -0.2) is 72.0 Å². The highest BCUT2D eigenvalue weighted by Gasteiger charge is 2.31. The van der Waals surface area contributed by atoms with Crippen molar-refractivity contribution >= 4 is 29.7 Å². The number of aliphatic imine (C=N–C) groups is 1. The van der Waals surface area contributed by atoms with E-state index in [4.69, 9.17) is 22.9 Å². The van der Waals surface area contributed by atoms with Gasteiger partial charge in [-0.3, -0.25) is 19.4 Å². The Morgan fingerprint density at radius 2 is 1.42 bits per heavy atom. The largest absolute Gasteiger partial charge is 0.480 e. The summed E-state index contributed by atoms with van der Waals surface area (Å²) in [6.45, 7) is 7.87. The minimum absolute atomic E-state index is 0.0345. The molecule has 0 heterocycles. The van der Waals surface area contributed by atoms with Crippen LogP contribution in [0.3, 0.4) is 0 Å². The second-order valence-corrected chi connectivity index (χ2v) is 9.66. The first-order chi connectivity index (χ1) is 16.8. The van der Waals surface area contributed by atoms with E-state index in [1.54, 1.807) is 13.8 Å². The maximum absolute atomic E-state index is 13.1. The standard InChI is InChI=1S/C23H46N8O5/c1-13(2)12-17(21(34)31-18(14(3)4)22(35)36)30-20(33)16(9-5-6-10-24)29-19(32)15(25)8-7-11-28-23(26)27/h13-18H,5-12,24-25H2,1-4H3,(H,29,32)(H,30,33)(H,31,34)(H,35,36)(H4,26,27,28). The fraction of sp³-hybridized carbons (Fsp3) is 0.783. The van der Waals surface area contributed by atoms with Crippen molar-refractivity contribution in [2.75, 3.05) is 13.1 Å². The molecule has 0 saturated heterocycles. The lowest BCUT2D eigenvalue weighted by Gasteiger charge is -2.27. The molecule has 13 nitrogen and oxygen atoms in total. The van der Waals surface area contributed by atoms with Crippen molar-refractivity contribution in [3.8, 4) is 0 Å². The molecule has 0 aromatic heterocycles. The number of nitrogens with two attached hydrogens (primary N) is 4. The molecule has 12 N–H and O–H groups in total. The number of hydrogen-bond donors (Lipinski definition) is 8. The monoisotopic (exact) mass is 514 g/mol. The van der Waals surface area contributed by atoms with Gasteiger partial charge < -0.3 is 44.0 Å². The van der Waals surface area contributed by atoms with Gasteiger partial charge in [0.25, 0.3) is 0 Å². The smallest absolute Gasteiger partial charge is 0.326 e. The van der Waals surface area contributed by atoms with Gasteiger partial charge in [0.15, 0.2) is 5.96 Å². The van der Waals surface area contributed by atoms with Gasteiger partial charge in [-0.15, -0.1) is 0 Å². The second-order valence-electron chi connectivity index (χ2n) is 9.66. The minimum atomic E-state index is -1.16. The molecule has 3 amide bonds. The summed E-state index contributed by atoms with van der Waals surface area (Å²) in [4.78, 5) is 54.0. The number of carbonyl (C=O) groups is 4. The number of unbranched alkanes of at least 4 members (excludes halogenated alkanes) is 1. The molecule has 0 aromatic carbocycles. The molecule has 0 radical (unpaired) electrons. The molecule has 0 saturated carbocycles. The molecule has 13 heteroatoms. The van der Waals surface area contributed by atoms with Gasteiger partial charge in [0, 0.05) is 6.54 Å². The molecule has 0 aliphatic heterocycles. The van der Waals surface area contributed by atoms with E-state index >= 15 is 0 Å². The Bertz CT molecular complexity index is 740. The lowest BCUT2D eigenvalue weighted by Crippen LogP contribution is -2.57. The van der Waals surface area contributed by atoms with Crippen molar-refractivity contribution in [1.82, 2.24) is 16.0 Å². The Labute approximate surface area is 213 Å². The van der Waals surface area contributed by atoms with Crippen LogP contribution in [0.1, 0.15) is 66.2 Å². The Morgan fingerprint density at radius 1 is 0.833 bits per heavy atom. The molecular weight excluding hydrogens is 468 g/mol. The number of hydrogen-bond acceptors (Lipinski definition) is 7. The first kappa shape index (κ1) is 33.1. The molecule has 0 spiro atoms. The summed E-state index contributed by atoms with van der Waals surface area (Å²) in [5.74, 6) is -3.18. The third-order valence-electron chi connectivity index (χ3n) is 5.45. The van der Waals surface area contributed by atoms with Crippen LogP contribution in [0.4, 0.5) is 0 Å². The summed E-state index contributed by atoms with van der Waals surface area (Å²) in [5, 5.41) is 17.3. The molecule has 0 aliphatic rings. The van der Waals surface area contributed by atoms with Gasteiger partial charge >= 0.3 is 5.97 Å². The van der Waals surface area contributed by atoms with Gasteiger partial charge in [-0.25, -0.2) is 4.79 Å². The Balaban J connectivity index is 5.42. The molecule has 4 unspecified atom stereocenters. The maximum Gasteiger partial charge on any atom is 0.326 e. The number of guanidine groups is 1. The molecular formula is C23H46N8O5.